The Balaban J connectivity index is 1.67. The molecule has 1 saturated carbocycles. The third kappa shape index (κ3) is 3.20. The maximum Gasteiger partial charge on any atom is 0.0408 e. The number of hydrogen-bond acceptors (Lipinski definition) is 2. The number of benzene rings is 2. The van der Waals surface area contributed by atoms with Crippen molar-refractivity contribution in [3.05, 3.63) is 59.7 Å². The van der Waals surface area contributed by atoms with Crippen molar-refractivity contribution in [2.24, 2.45) is 0 Å². The van der Waals surface area contributed by atoms with E-state index in [0.29, 0.717) is 0 Å². The molecule has 0 radical (unpaired) electrons. The summed E-state index contributed by atoms with van der Waals surface area (Å²) >= 11 is 0. The van der Waals surface area contributed by atoms with Gasteiger partial charge in [0.15, 0.2) is 0 Å². The van der Waals surface area contributed by atoms with Crippen LogP contribution in [-0.2, 0) is 6.54 Å². The first-order chi connectivity index (χ1) is 9.72. The fourth-order valence-electron chi connectivity index (χ4n) is 2.30. The van der Waals surface area contributed by atoms with E-state index in [1.807, 2.05) is 0 Å². The van der Waals surface area contributed by atoms with E-state index in [-0.39, 0.29) is 0 Å². The summed E-state index contributed by atoms with van der Waals surface area (Å²) in [6.45, 7) is 3.10. The van der Waals surface area contributed by atoms with Gasteiger partial charge in [0.1, 0.15) is 0 Å². The minimum atomic E-state index is 0.768. The molecule has 0 heterocycles. The molecule has 1 N–H and O–H groups in total. The summed E-state index contributed by atoms with van der Waals surface area (Å²) in [5.74, 6) is 0. The van der Waals surface area contributed by atoms with Gasteiger partial charge in [-0.1, -0.05) is 29.8 Å². The lowest BCUT2D eigenvalue weighted by Gasteiger charge is -2.20. The molecule has 0 aromatic heterocycles. The van der Waals surface area contributed by atoms with Crippen LogP contribution in [0.4, 0.5) is 11.4 Å². The standard InChI is InChI=1S/C18H22N2/c1-14-3-9-17(10-4-14)20(2)18-11-5-15(6-12-18)13-19-16-7-8-16/h3-6,9-12,16,19H,7-8,13H2,1-2H3. The Morgan fingerprint density at radius 3 is 2.05 bits per heavy atom. The SMILES string of the molecule is Cc1ccc(N(C)c2ccc(CNC3CC3)cc2)cc1. The molecule has 3 rings (SSSR count). The lowest BCUT2D eigenvalue weighted by Crippen LogP contribution is -2.15. The molecule has 2 aromatic carbocycles. The predicted octanol–water partition coefficient (Wildman–Crippen LogP) is 4.01. The van der Waals surface area contributed by atoms with Gasteiger partial charge in [-0.2, -0.15) is 0 Å². The maximum atomic E-state index is 3.55. The Labute approximate surface area is 121 Å². The first kappa shape index (κ1) is 13.2. The Bertz CT molecular complexity index is 553. The third-order valence-electron chi connectivity index (χ3n) is 3.92. The molecule has 104 valence electrons. The number of nitrogens with zero attached hydrogens (tertiary/aromatic N) is 1. The molecule has 0 spiro atoms. The topological polar surface area (TPSA) is 15.3 Å². The van der Waals surface area contributed by atoms with Crippen LogP contribution < -0.4 is 10.2 Å². The first-order valence-electron chi connectivity index (χ1n) is 7.35. The van der Waals surface area contributed by atoms with Gasteiger partial charge in [0, 0.05) is 31.0 Å². The molecule has 2 nitrogen and oxygen atoms in total. The molecule has 1 fully saturated rings. The zero-order valence-corrected chi connectivity index (χ0v) is 12.3. The number of hydrogen-bond donors (Lipinski definition) is 1. The van der Waals surface area contributed by atoms with Crippen LogP contribution in [0, 0.1) is 6.92 Å². The van der Waals surface area contributed by atoms with Crippen LogP contribution in [0.1, 0.15) is 24.0 Å². The van der Waals surface area contributed by atoms with Crippen molar-refractivity contribution >= 4 is 11.4 Å². The van der Waals surface area contributed by atoms with Gasteiger partial charge in [0.2, 0.25) is 0 Å². The highest BCUT2D eigenvalue weighted by atomic mass is 15.1. The van der Waals surface area contributed by atoms with Crippen molar-refractivity contribution in [2.75, 3.05) is 11.9 Å². The van der Waals surface area contributed by atoms with Crippen LogP contribution in [0.2, 0.25) is 0 Å². The highest BCUT2D eigenvalue weighted by Gasteiger charge is 2.19. The molecular weight excluding hydrogens is 244 g/mol. The molecule has 1 aliphatic carbocycles. The van der Waals surface area contributed by atoms with Crippen molar-refractivity contribution in [2.45, 2.75) is 32.4 Å². The first-order valence-corrected chi connectivity index (χ1v) is 7.35. The van der Waals surface area contributed by atoms with E-state index < -0.39 is 0 Å². The quantitative estimate of drug-likeness (QED) is 0.879. The van der Waals surface area contributed by atoms with Gasteiger partial charge in [0.05, 0.1) is 0 Å². The van der Waals surface area contributed by atoms with Crippen LogP contribution in [0.3, 0.4) is 0 Å². The van der Waals surface area contributed by atoms with Gasteiger partial charge in [-0.05, 0) is 49.6 Å². The van der Waals surface area contributed by atoms with Crippen molar-refractivity contribution in [1.82, 2.24) is 5.32 Å². The predicted molar refractivity (Wildman–Crippen MR) is 85.5 cm³/mol. The summed E-state index contributed by atoms with van der Waals surface area (Å²) < 4.78 is 0. The minimum absolute atomic E-state index is 0.768. The Kier molecular flexibility index (Phi) is 3.75. The van der Waals surface area contributed by atoms with E-state index in [1.54, 1.807) is 0 Å². The van der Waals surface area contributed by atoms with Crippen LogP contribution in [-0.4, -0.2) is 13.1 Å². The van der Waals surface area contributed by atoms with Gasteiger partial charge >= 0.3 is 0 Å². The molecule has 0 unspecified atom stereocenters. The van der Waals surface area contributed by atoms with Gasteiger partial charge in [-0.15, -0.1) is 0 Å². The van der Waals surface area contributed by atoms with Crippen molar-refractivity contribution in [3.63, 3.8) is 0 Å². The molecule has 2 aromatic rings. The molecule has 20 heavy (non-hydrogen) atoms. The molecular formula is C18H22N2. The second kappa shape index (κ2) is 5.68. The summed E-state index contributed by atoms with van der Waals surface area (Å²) in [6.07, 6.45) is 2.68. The fourth-order valence-corrected chi connectivity index (χ4v) is 2.30. The van der Waals surface area contributed by atoms with Gasteiger partial charge in [-0.25, -0.2) is 0 Å². The second-order valence-electron chi connectivity index (χ2n) is 5.72. The van der Waals surface area contributed by atoms with Gasteiger partial charge in [-0.3, -0.25) is 0 Å². The average Bonchev–Trinajstić information content (AvgIpc) is 3.30. The molecule has 0 bridgehead atoms. The summed E-state index contributed by atoms with van der Waals surface area (Å²) in [5, 5.41) is 3.55. The maximum absolute atomic E-state index is 3.55. The average molecular weight is 266 g/mol. The van der Waals surface area contributed by atoms with Gasteiger partial charge < -0.3 is 10.2 Å². The van der Waals surface area contributed by atoms with E-state index in [0.717, 1.165) is 12.6 Å². The number of aryl methyl sites for hydroxylation is 1. The number of anilines is 2. The van der Waals surface area contributed by atoms with Crippen molar-refractivity contribution in [1.29, 1.82) is 0 Å². The zero-order valence-electron chi connectivity index (χ0n) is 12.3. The van der Waals surface area contributed by atoms with Crippen molar-refractivity contribution < 1.29 is 0 Å². The van der Waals surface area contributed by atoms with Crippen molar-refractivity contribution in [3.8, 4) is 0 Å². The van der Waals surface area contributed by atoms with E-state index in [1.165, 1.54) is 35.3 Å². The lowest BCUT2D eigenvalue weighted by atomic mass is 10.1. The van der Waals surface area contributed by atoms with E-state index in [4.69, 9.17) is 0 Å². The van der Waals surface area contributed by atoms with E-state index in [2.05, 4.69) is 72.7 Å². The number of rotatable bonds is 5. The second-order valence-corrected chi connectivity index (χ2v) is 5.72. The van der Waals surface area contributed by atoms with Gasteiger partial charge in [0.25, 0.3) is 0 Å². The number of nitrogens with one attached hydrogen (secondary N) is 1. The molecule has 0 aliphatic heterocycles. The summed E-state index contributed by atoms with van der Waals surface area (Å²) in [6, 6.07) is 18.2. The normalized spacial score (nSPS) is 14.3. The molecule has 0 atom stereocenters. The summed E-state index contributed by atoms with van der Waals surface area (Å²) in [5.41, 5.74) is 5.10. The van der Waals surface area contributed by atoms with Crippen LogP contribution in [0.5, 0.6) is 0 Å². The fraction of sp³-hybridized carbons (Fsp3) is 0.333. The zero-order chi connectivity index (χ0) is 13.9. The minimum Gasteiger partial charge on any atom is -0.345 e. The van der Waals surface area contributed by atoms with Crippen LogP contribution >= 0.6 is 0 Å². The molecule has 0 saturated heterocycles. The van der Waals surface area contributed by atoms with Crippen LogP contribution in [0.15, 0.2) is 48.5 Å². The van der Waals surface area contributed by atoms with E-state index >= 15 is 0 Å². The Morgan fingerprint density at radius 1 is 0.950 bits per heavy atom. The Hall–Kier alpha value is -1.80. The Morgan fingerprint density at radius 2 is 1.50 bits per heavy atom. The molecule has 0 amide bonds. The molecule has 2 heteroatoms. The van der Waals surface area contributed by atoms with Crippen LogP contribution in [0.25, 0.3) is 0 Å². The lowest BCUT2D eigenvalue weighted by molar-refractivity contribution is 0.688. The smallest absolute Gasteiger partial charge is 0.0408 e. The highest BCUT2D eigenvalue weighted by Crippen LogP contribution is 2.24. The van der Waals surface area contributed by atoms with E-state index in [9.17, 15) is 0 Å². The molecule has 1 aliphatic rings. The largest absolute Gasteiger partial charge is 0.345 e. The highest BCUT2D eigenvalue weighted by molar-refractivity contribution is 5.62. The summed E-state index contributed by atoms with van der Waals surface area (Å²) in [4.78, 5) is 2.22. The monoisotopic (exact) mass is 266 g/mol. The summed E-state index contributed by atoms with van der Waals surface area (Å²) in [7, 11) is 2.11. The third-order valence-corrected chi connectivity index (χ3v) is 3.92.